The van der Waals surface area contributed by atoms with Crippen LogP contribution >= 0.6 is 0 Å². The lowest BCUT2D eigenvalue weighted by Gasteiger charge is -2.06. The second-order valence-corrected chi connectivity index (χ2v) is 4.43. The molecule has 0 aliphatic heterocycles. The maximum absolute atomic E-state index is 12.0. The van der Waals surface area contributed by atoms with E-state index < -0.39 is 10.5 Å². The van der Waals surface area contributed by atoms with Crippen molar-refractivity contribution in [3.63, 3.8) is 0 Å². The Bertz CT molecular complexity index is 926. The number of nitro groups is 1. The third kappa shape index (κ3) is 1.55. The number of aryl methyl sites for hydroxylation is 1. The molecule has 3 aromatic rings. The maximum atomic E-state index is 12.0. The third-order valence-corrected chi connectivity index (χ3v) is 3.31. The topological polar surface area (TPSA) is 93.6 Å². The first kappa shape index (κ1) is 12.2. The molecule has 1 aromatic heterocycles. The van der Waals surface area contributed by atoms with Crippen molar-refractivity contribution in [3.05, 3.63) is 56.4 Å². The summed E-state index contributed by atoms with van der Waals surface area (Å²) in [5.74, 6) is -0.0375. The Morgan fingerprint density at radius 1 is 1.20 bits per heavy atom. The SMILES string of the molecule is Cc1c([N+](=O)[O-])ccc2c1c(=O)oc1cccc(O)c12. The number of fused-ring (bicyclic) bond motifs is 3. The lowest BCUT2D eigenvalue weighted by molar-refractivity contribution is -0.385. The van der Waals surface area contributed by atoms with E-state index in [0.29, 0.717) is 10.8 Å². The van der Waals surface area contributed by atoms with E-state index in [-0.39, 0.29) is 28.0 Å². The molecule has 0 aliphatic carbocycles. The number of rotatable bonds is 1. The minimum atomic E-state index is -0.653. The van der Waals surface area contributed by atoms with Gasteiger partial charge in [0.2, 0.25) is 0 Å². The van der Waals surface area contributed by atoms with Gasteiger partial charge in [-0.3, -0.25) is 10.1 Å². The Balaban J connectivity index is 2.62. The lowest BCUT2D eigenvalue weighted by atomic mass is 10.0. The average Bonchev–Trinajstić information content (AvgIpc) is 2.38. The van der Waals surface area contributed by atoms with Crippen molar-refractivity contribution in [1.29, 1.82) is 0 Å². The van der Waals surface area contributed by atoms with Crippen LogP contribution in [-0.4, -0.2) is 10.0 Å². The summed E-state index contributed by atoms with van der Waals surface area (Å²) in [5.41, 5.74) is -0.332. The van der Waals surface area contributed by atoms with Gasteiger partial charge in [-0.2, -0.15) is 0 Å². The van der Waals surface area contributed by atoms with E-state index in [9.17, 15) is 20.0 Å². The minimum Gasteiger partial charge on any atom is -0.507 e. The van der Waals surface area contributed by atoms with Crippen LogP contribution in [-0.2, 0) is 0 Å². The largest absolute Gasteiger partial charge is 0.507 e. The van der Waals surface area contributed by atoms with Crippen LogP contribution in [0.4, 0.5) is 5.69 Å². The summed E-state index contributed by atoms with van der Waals surface area (Å²) in [5, 5.41) is 21.8. The summed E-state index contributed by atoms with van der Waals surface area (Å²) in [4.78, 5) is 22.4. The van der Waals surface area contributed by atoms with Gasteiger partial charge in [-0.15, -0.1) is 0 Å². The van der Waals surface area contributed by atoms with E-state index in [1.807, 2.05) is 0 Å². The van der Waals surface area contributed by atoms with Crippen molar-refractivity contribution >= 4 is 27.4 Å². The van der Waals surface area contributed by atoms with Crippen LogP contribution in [0.2, 0.25) is 0 Å². The fourth-order valence-electron chi connectivity index (χ4n) is 2.40. The predicted molar refractivity (Wildman–Crippen MR) is 73.0 cm³/mol. The molecule has 0 spiro atoms. The van der Waals surface area contributed by atoms with Crippen molar-refractivity contribution in [1.82, 2.24) is 0 Å². The molecule has 0 fully saturated rings. The van der Waals surface area contributed by atoms with Gasteiger partial charge >= 0.3 is 5.63 Å². The summed E-state index contributed by atoms with van der Waals surface area (Å²) in [6.45, 7) is 1.49. The van der Waals surface area contributed by atoms with E-state index in [1.54, 1.807) is 12.1 Å². The van der Waals surface area contributed by atoms with Gasteiger partial charge in [0.15, 0.2) is 0 Å². The van der Waals surface area contributed by atoms with Crippen LogP contribution in [0.25, 0.3) is 21.7 Å². The van der Waals surface area contributed by atoms with Gasteiger partial charge in [-0.1, -0.05) is 6.07 Å². The number of nitro benzene ring substituents is 1. The molecule has 6 heteroatoms. The molecule has 0 saturated heterocycles. The number of phenols is 1. The number of hydrogen-bond donors (Lipinski definition) is 1. The smallest absolute Gasteiger partial charge is 0.344 e. The molecule has 1 N–H and O–H groups in total. The first-order valence-electron chi connectivity index (χ1n) is 5.83. The normalized spacial score (nSPS) is 11.1. The van der Waals surface area contributed by atoms with Gasteiger partial charge in [0.1, 0.15) is 11.3 Å². The first-order valence-corrected chi connectivity index (χ1v) is 5.83. The summed E-state index contributed by atoms with van der Waals surface area (Å²) in [6.07, 6.45) is 0. The fourth-order valence-corrected chi connectivity index (χ4v) is 2.40. The molecule has 6 nitrogen and oxygen atoms in total. The van der Waals surface area contributed by atoms with Crippen molar-refractivity contribution in [2.24, 2.45) is 0 Å². The van der Waals surface area contributed by atoms with Crippen LogP contribution in [0.3, 0.4) is 0 Å². The molecule has 0 unspecified atom stereocenters. The maximum Gasteiger partial charge on any atom is 0.344 e. The quantitative estimate of drug-likeness (QED) is 0.318. The summed E-state index contributed by atoms with van der Waals surface area (Å²) in [7, 11) is 0. The zero-order chi connectivity index (χ0) is 14.4. The van der Waals surface area contributed by atoms with Crippen molar-refractivity contribution in [3.8, 4) is 5.75 Å². The summed E-state index contributed by atoms with van der Waals surface area (Å²) in [6, 6.07) is 7.37. The van der Waals surface area contributed by atoms with Crippen LogP contribution in [0, 0.1) is 17.0 Å². The molecule has 0 bridgehead atoms. The summed E-state index contributed by atoms with van der Waals surface area (Å²) >= 11 is 0. The molecule has 2 aromatic carbocycles. The molecule has 0 atom stereocenters. The molecule has 3 rings (SSSR count). The minimum absolute atomic E-state index is 0.0375. The number of phenolic OH excluding ortho intramolecular Hbond substituents is 1. The highest BCUT2D eigenvalue weighted by atomic mass is 16.6. The number of nitrogens with zero attached hydrogens (tertiary/aromatic N) is 1. The van der Waals surface area contributed by atoms with Gasteiger partial charge < -0.3 is 9.52 Å². The molecule has 1 heterocycles. The fraction of sp³-hybridized carbons (Fsp3) is 0.0714. The van der Waals surface area contributed by atoms with Crippen molar-refractivity contribution in [2.75, 3.05) is 0 Å². The van der Waals surface area contributed by atoms with E-state index >= 15 is 0 Å². The van der Waals surface area contributed by atoms with Gasteiger partial charge in [0.25, 0.3) is 5.69 Å². The van der Waals surface area contributed by atoms with E-state index in [0.717, 1.165) is 0 Å². The second kappa shape index (κ2) is 4.06. The highest BCUT2D eigenvalue weighted by Crippen LogP contribution is 2.34. The molecular weight excluding hydrogens is 262 g/mol. The Labute approximate surface area is 112 Å². The van der Waals surface area contributed by atoms with E-state index in [1.165, 1.54) is 25.1 Å². The van der Waals surface area contributed by atoms with Crippen LogP contribution in [0.15, 0.2) is 39.5 Å². The third-order valence-electron chi connectivity index (χ3n) is 3.31. The first-order chi connectivity index (χ1) is 9.50. The van der Waals surface area contributed by atoms with Crippen molar-refractivity contribution in [2.45, 2.75) is 6.92 Å². The van der Waals surface area contributed by atoms with Gasteiger partial charge in [0, 0.05) is 17.0 Å². The molecule has 20 heavy (non-hydrogen) atoms. The van der Waals surface area contributed by atoms with Crippen LogP contribution < -0.4 is 5.63 Å². The molecule has 0 saturated carbocycles. The Morgan fingerprint density at radius 2 is 1.95 bits per heavy atom. The number of hydrogen-bond acceptors (Lipinski definition) is 5. The highest BCUT2D eigenvalue weighted by Gasteiger charge is 2.19. The van der Waals surface area contributed by atoms with Crippen LogP contribution in [0.1, 0.15) is 5.56 Å². The van der Waals surface area contributed by atoms with E-state index in [4.69, 9.17) is 4.42 Å². The standard InChI is InChI=1S/C14H9NO5/c1-7-9(15(18)19)6-5-8-12(7)14(17)20-11-4-2-3-10(16)13(8)11/h2-6,16H,1H3. The number of aromatic hydroxyl groups is 1. The van der Waals surface area contributed by atoms with Gasteiger partial charge in [0.05, 0.1) is 15.7 Å². The zero-order valence-corrected chi connectivity index (χ0v) is 10.4. The Kier molecular flexibility index (Phi) is 2.47. The van der Waals surface area contributed by atoms with E-state index in [2.05, 4.69) is 0 Å². The predicted octanol–water partition coefficient (Wildman–Crippen LogP) is 2.87. The van der Waals surface area contributed by atoms with Gasteiger partial charge in [-0.05, 0) is 25.1 Å². The molecule has 0 radical (unpaired) electrons. The molecule has 100 valence electrons. The Morgan fingerprint density at radius 3 is 2.65 bits per heavy atom. The highest BCUT2D eigenvalue weighted by molar-refractivity contribution is 6.09. The summed E-state index contributed by atoms with van der Waals surface area (Å²) < 4.78 is 5.13. The Hall–Kier alpha value is -2.89. The molecular formula is C14H9NO5. The lowest BCUT2D eigenvalue weighted by Crippen LogP contribution is -2.04. The second-order valence-electron chi connectivity index (χ2n) is 4.43. The number of benzene rings is 2. The zero-order valence-electron chi connectivity index (χ0n) is 10.4. The average molecular weight is 271 g/mol. The molecule has 0 aliphatic rings. The van der Waals surface area contributed by atoms with Crippen LogP contribution in [0.5, 0.6) is 5.75 Å². The molecule has 0 amide bonds. The van der Waals surface area contributed by atoms with Crippen molar-refractivity contribution < 1.29 is 14.4 Å². The van der Waals surface area contributed by atoms with Gasteiger partial charge in [-0.25, -0.2) is 4.79 Å². The monoisotopic (exact) mass is 271 g/mol.